The summed E-state index contributed by atoms with van der Waals surface area (Å²) in [5, 5.41) is 5.38. The normalized spacial score (nSPS) is 15.7. The van der Waals surface area contributed by atoms with Crippen LogP contribution in [0, 0.1) is 6.92 Å². The Kier molecular flexibility index (Phi) is 5.36. The van der Waals surface area contributed by atoms with Gasteiger partial charge in [-0.3, -0.25) is 0 Å². The van der Waals surface area contributed by atoms with E-state index < -0.39 is 10.0 Å². The van der Waals surface area contributed by atoms with Gasteiger partial charge in [0, 0.05) is 26.2 Å². The molecule has 0 unspecified atom stereocenters. The molecule has 0 spiro atoms. The molecule has 1 fully saturated rings. The summed E-state index contributed by atoms with van der Waals surface area (Å²) < 4.78 is 29.6. The molecule has 0 atom stereocenters. The highest BCUT2D eigenvalue weighted by Gasteiger charge is 2.28. The van der Waals surface area contributed by atoms with Crippen LogP contribution in [0.2, 0.25) is 0 Å². The van der Waals surface area contributed by atoms with E-state index in [0.29, 0.717) is 37.5 Å². The van der Waals surface area contributed by atoms with Crippen LogP contribution in [0.3, 0.4) is 0 Å². The Morgan fingerprint density at radius 2 is 1.66 bits per heavy atom. The van der Waals surface area contributed by atoms with Crippen LogP contribution in [0.5, 0.6) is 0 Å². The van der Waals surface area contributed by atoms with Gasteiger partial charge in [-0.25, -0.2) is 23.1 Å². The predicted molar refractivity (Wildman–Crippen MR) is 123 cm³/mol. The van der Waals surface area contributed by atoms with E-state index >= 15 is 0 Å². The first kappa shape index (κ1) is 20.6. The molecule has 5 rings (SSSR count). The number of rotatable bonds is 4. The maximum Gasteiger partial charge on any atom is 0.243 e. The van der Waals surface area contributed by atoms with Crippen molar-refractivity contribution in [1.82, 2.24) is 24.1 Å². The van der Waals surface area contributed by atoms with Gasteiger partial charge in [0.05, 0.1) is 22.2 Å². The van der Waals surface area contributed by atoms with Crippen LogP contribution >= 0.6 is 0 Å². The summed E-state index contributed by atoms with van der Waals surface area (Å²) in [5.74, 6) is 0.784. The molecular formula is C23H24N6O2S. The predicted octanol–water partition coefficient (Wildman–Crippen LogP) is 3.02. The average molecular weight is 449 g/mol. The van der Waals surface area contributed by atoms with Crippen molar-refractivity contribution < 1.29 is 8.42 Å². The molecule has 4 aromatic rings. The lowest BCUT2D eigenvalue weighted by Crippen LogP contribution is -2.35. The number of aryl methyl sites for hydroxylation is 1. The molecule has 9 heteroatoms. The molecule has 0 bridgehead atoms. The standard InChI is InChI=1S/C23H24N6O2S/c1-18-8-10-20(11-9-18)32(30,31)28-13-5-12-27(14-15-28)22-21-16-26-29(23(21)25-17-24-22)19-6-3-2-4-7-19/h2-4,6-11,16-17H,5,12-15H2,1H3. The van der Waals surface area contributed by atoms with Gasteiger partial charge in [-0.1, -0.05) is 35.9 Å². The fraction of sp³-hybridized carbons (Fsp3) is 0.261. The highest BCUT2D eigenvalue weighted by molar-refractivity contribution is 7.89. The van der Waals surface area contributed by atoms with Crippen molar-refractivity contribution in [2.75, 3.05) is 31.1 Å². The fourth-order valence-corrected chi connectivity index (χ4v) is 5.52. The van der Waals surface area contributed by atoms with Gasteiger partial charge in [-0.15, -0.1) is 0 Å². The third kappa shape index (κ3) is 3.74. The van der Waals surface area contributed by atoms with Gasteiger partial charge in [0.25, 0.3) is 0 Å². The van der Waals surface area contributed by atoms with Crippen LogP contribution in [0.4, 0.5) is 5.82 Å². The average Bonchev–Trinajstić information content (AvgIpc) is 3.09. The fourth-order valence-electron chi connectivity index (χ4n) is 4.05. The highest BCUT2D eigenvalue weighted by Crippen LogP contribution is 2.26. The number of sulfonamides is 1. The van der Waals surface area contributed by atoms with Gasteiger partial charge in [0.2, 0.25) is 10.0 Å². The number of para-hydroxylation sites is 1. The van der Waals surface area contributed by atoms with E-state index in [1.54, 1.807) is 33.6 Å². The number of benzene rings is 2. The molecule has 2 aromatic heterocycles. The summed E-state index contributed by atoms with van der Waals surface area (Å²) in [5.41, 5.74) is 2.70. The number of hydrogen-bond donors (Lipinski definition) is 0. The van der Waals surface area contributed by atoms with Gasteiger partial charge >= 0.3 is 0 Å². The second-order valence-corrected chi connectivity index (χ2v) is 9.82. The zero-order valence-electron chi connectivity index (χ0n) is 17.8. The number of fused-ring (bicyclic) bond motifs is 1. The molecule has 0 aliphatic carbocycles. The van der Waals surface area contributed by atoms with Gasteiger partial charge in [0.1, 0.15) is 12.1 Å². The molecule has 164 valence electrons. The van der Waals surface area contributed by atoms with Crippen LogP contribution in [0.25, 0.3) is 16.7 Å². The summed E-state index contributed by atoms with van der Waals surface area (Å²) in [6.45, 7) is 4.08. The molecule has 1 aliphatic rings. The Hall–Kier alpha value is -3.30. The molecular weight excluding hydrogens is 424 g/mol. The topological polar surface area (TPSA) is 84.2 Å². The Labute approximate surface area is 187 Å². The third-order valence-corrected chi connectivity index (χ3v) is 7.67. The van der Waals surface area contributed by atoms with E-state index in [2.05, 4.69) is 20.0 Å². The second kappa shape index (κ2) is 8.33. The SMILES string of the molecule is Cc1ccc(S(=O)(=O)N2CCCN(c3ncnc4c3cnn4-c3ccccc3)CC2)cc1. The van der Waals surface area contributed by atoms with Crippen molar-refractivity contribution in [3.05, 3.63) is 72.7 Å². The lowest BCUT2D eigenvalue weighted by atomic mass is 10.2. The smallest absolute Gasteiger partial charge is 0.243 e. The monoisotopic (exact) mass is 448 g/mol. The molecule has 0 saturated carbocycles. The zero-order chi connectivity index (χ0) is 22.1. The lowest BCUT2D eigenvalue weighted by molar-refractivity contribution is 0.433. The Balaban J connectivity index is 1.41. The molecule has 1 aliphatic heterocycles. The number of nitrogens with zero attached hydrogens (tertiary/aromatic N) is 6. The first-order valence-corrected chi connectivity index (χ1v) is 12.0. The van der Waals surface area contributed by atoms with Crippen molar-refractivity contribution in [2.45, 2.75) is 18.2 Å². The summed E-state index contributed by atoms with van der Waals surface area (Å²) in [6.07, 6.45) is 4.04. The minimum atomic E-state index is -3.52. The Bertz CT molecular complexity index is 1340. The van der Waals surface area contributed by atoms with Crippen LogP contribution in [0.15, 0.2) is 72.0 Å². The molecule has 0 radical (unpaired) electrons. The van der Waals surface area contributed by atoms with Crippen molar-refractivity contribution in [2.24, 2.45) is 0 Å². The molecule has 32 heavy (non-hydrogen) atoms. The maximum atomic E-state index is 13.1. The zero-order valence-corrected chi connectivity index (χ0v) is 18.6. The molecule has 8 nitrogen and oxygen atoms in total. The molecule has 0 amide bonds. The third-order valence-electron chi connectivity index (χ3n) is 5.76. The Morgan fingerprint density at radius 3 is 2.44 bits per heavy atom. The maximum absolute atomic E-state index is 13.1. The van der Waals surface area contributed by atoms with Crippen LogP contribution in [-0.2, 0) is 10.0 Å². The van der Waals surface area contributed by atoms with E-state index in [-0.39, 0.29) is 0 Å². The van der Waals surface area contributed by atoms with Gasteiger partial charge < -0.3 is 4.90 Å². The van der Waals surface area contributed by atoms with Crippen molar-refractivity contribution in [1.29, 1.82) is 0 Å². The van der Waals surface area contributed by atoms with E-state index in [0.717, 1.165) is 28.1 Å². The summed E-state index contributed by atoms with van der Waals surface area (Å²) in [7, 11) is -3.52. The van der Waals surface area contributed by atoms with Crippen molar-refractivity contribution in [3.8, 4) is 5.69 Å². The summed E-state index contributed by atoms with van der Waals surface area (Å²) >= 11 is 0. The van der Waals surface area contributed by atoms with E-state index in [9.17, 15) is 8.42 Å². The van der Waals surface area contributed by atoms with Gasteiger partial charge in [-0.2, -0.15) is 9.40 Å². The lowest BCUT2D eigenvalue weighted by Gasteiger charge is -2.23. The van der Waals surface area contributed by atoms with Crippen molar-refractivity contribution >= 4 is 26.9 Å². The Morgan fingerprint density at radius 1 is 0.875 bits per heavy atom. The van der Waals surface area contributed by atoms with E-state index in [4.69, 9.17) is 0 Å². The summed E-state index contributed by atoms with van der Waals surface area (Å²) in [6, 6.07) is 16.9. The number of hydrogen-bond acceptors (Lipinski definition) is 6. The quantitative estimate of drug-likeness (QED) is 0.477. The van der Waals surface area contributed by atoms with Crippen LogP contribution < -0.4 is 4.90 Å². The number of anilines is 1. The van der Waals surface area contributed by atoms with E-state index in [1.165, 1.54) is 0 Å². The number of aromatic nitrogens is 4. The second-order valence-electron chi connectivity index (χ2n) is 7.88. The molecule has 2 aromatic carbocycles. The van der Waals surface area contributed by atoms with E-state index in [1.807, 2.05) is 49.4 Å². The summed E-state index contributed by atoms with van der Waals surface area (Å²) in [4.78, 5) is 11.5. The minimum absolute atomic E-state index is 0.338. The minimum Gasteiger partial charge on any atom is -0.355 e. The van der Waals surface area contributed by atoms with Gasteiger partial charge in [0.15, 0.2) is 5.65 Å². The molecule has 0 N–H and O–H groups in total. The highest BCUT2D eigenvalue weighted by atomic mass is 32.2. The molecule has 1 saturated heterocycles. The largest absolute Gasteiger partial charge is 0.355 e. The van der Waals surface area contributed by atoms with Crippen LogP contribution in [0.1, 0.15) is 12.0 Å². The first-order chi connectivity index (χ1) is 15.5. The molecule has 3 heterocycles. The van der Waals surface area contributed by atoms with Crippen molar-refractivity contribution in [3.63, 3.8) is 0 Å². The first-order valence-electron chi connectivity index (χ1n) is 10.6. The van der Waals surface area contributed by atoms with Gasteiger partial charge in [-0.05, 0) is 37.6 Å². The van der Waals surface area contributed by atoms with Crippen LogP contribution in [-0.4, -0.2) is 58.7 Å².